The Kier molecular flexibility index (Phi) is 57.4. The third-order valence-electron chi connectivity index (χ3n) is 12.4. The molecule has 74 heavy (non-hydrogen) atoms. The predicted octanol–water partition coefficient (Wildman–Crippen LogP) is 20.6. The van der Waals surface area contributed by atoms with Crippen LogP contribution < -0.4 is 0 Å². The first-order chi connectivity index (χ1) is 36.5. The maximum absolute atomic E-state index is 12.8. The summed E-state index contributed by atoms with van der Waals surface area (Å²) in [6, 6.07) is 0. The van der Waals surface area contributed by atoms with Gasteiger partial charge < -0.3 is 14.2 Å². The third kappa shape index (κ3) is 58.4. The van der Waals surface area contributed by atoms with E-state index in [1.807, 2.05) is 0 Å². The van der Waals surface area contributed by atoms with E-state index in [0.717, 1.165) is 148 Å². The Balaban J connectivity index is 4.15. The van der Waals surface area contributed by atoms with Crippen molar-refractivity contribution in [1.29, 1.82) is 0 Å². The summed E-state index contributed by atoms with van der Waals surface area (Å²) in [5.41, 5.74) is 0. The molecule has 0 aliphatic heterocycles. The van der Waals surface area contributed by atoms with Crippen LogP contribution in [-0.4, -0.2) is 37.2 Å². The lowest BCUT2D eigenvalue weighted by Crippen LogP contribution is -2.30. The number of hydrogen-bond acceptors (Lipinski definition) is 6. The molecule has 6 heteroatoms. The van der Waals surface area contributed by atoms with E-state index in [1.54, 1.807) is 0 Å². The molecular weight excluding hydrogens is 913 g/mol. The van der Waals surface area contributed by atoms with E-state index in [1.165, 1.54) is 70.6 Å². The van der Waals surface area contributed by atoms with Gasteiger partial charge in [-0.15, -0.1) is 0 Å². The van der Waals surface area contributed by atoms with E-state index in [0.29, 0.717) is 19.3 Å². The molecular formula is C68H110O6. The summed E-state index contributed by atoms with van der Waals surface area (Å²) in [4.78, 5) is 37.9. The number of rotatable bonds is 53. The van der Waals surface area contributed by atoms with Gasteiger partial charge in [-0.2, -0.15) is 0 Å². The number of allylic oxidation sites excluding steroid dienone is 22. The number of carbonyl (C=O) groups excluding carboxylic acids is 3. The number of hydrogen-bond donors (Lipinski definition) is 0. The van der Waals surface area contributed by atoms with E-state index in [9.17, 15) is 14.4 Å². The monoisotopic (exact) mass is 1020 g/mol. The largest absolute Gasteiger partial charge is 0.462 e. The summed E-state index contributed by atoms with van der Waals surface area (Å²) in [5, 5.41) is 0. The summed E-state index contributed by atoms with van der Waals surface area (Å²) in [5.74, 6) is -0.925. The van der Waals surface area contributed by atoms with Gasteiger partial charge in [0.15, 0.2) is 6.10 Å². The highest BCUT2D eigenvalue weighted by Gasteiger charge is 2.19. The Morgan fingerprint density at radius 2 is 0.541 bits per heavy atom. The zero-order chi connectivity index (χ0) is 53.6. The summed E-state index contributed by atoms with van der Waals surface area (Å²) in [7, 11) is 0. The van der Waals surface area contributed by atoms with Crippen molar-refractivity contribution in [2.75, 3.05) is 13.2 Å². The second kappa shape index (κ2) is 61.1. The van der Waals surface area contributed by atoms with Crippen LogP contribution in [0.2, 0.25) is 0 Å². The Hall–Kier alpha value is -4.45. The summed E-state index contributed by atoms with van der Waals surface area (Å²) in [6.07, 6.45) is 86.2. The van der Waals surface area contributed by atoms with Crippen molar-refractivity contribution in [2.24, 2.45) is 0 Å². The second-order valence-electron chi connectivity index (χ2n) is 19.5. The molecule has 0 aromatic carbocycles. The van der Waals surface area contributed by atoms with Crippen molar-refractivity contribution in [3.63, 3.8) is 0 Å². The molecule has 0 saturated heterocycles. The Labute approximate surface area is 455 Å². The smallest absolute Gasteiger partial charge is 0.306 e. The van der Waals surface area contributed by atoms with Crippen molar-refractivity contribution in [2.45, 2.75) is 264 Å². The van der Waals surface area contributed by atoms with Crippen molar-refractivity contribution in [3.8, 4) is 0 Å². The molecule has 0 heterocycles. The topological polar surface area (TPSA) is 78.9 Å². The first-order valence-electron chi connectivity index (χ1n) is 30.2. The van der Waals surface area contributed by atoms with E-state index in [-0.39, 0.29) is 31.1 Å². The maximum Gasteiger partial charge on any atom is 0.306 e. The van der Waals surface area contributed by atoms with Crippen LogP contribution in [0.1, 0.15) is 258 Å². The van der Waals surface area contributed by atoms with E-state index in [2.05, 4.69) is 154 Å². The molecule has 6 nitrogen and oxygen atoms in total. The minimum absolute atomic E-state index is 0.0889. The molecule has 0 spiro atoms. The van der Waals surface area contributed by atoms with Gasteiger partial charge in [0.05, 0.1) is 0 Å². The van der Waals surface area contributed by atoms with E-state index in [4.69, 9.17) is 14.2 Å². The molecule has 0 aromatic rings. The Bertz CT molecular complexity index is 1600. The molecule has 0 aliphatic rings. The van der Waals surface area contributed by atoms with Crippen LogP contribution >= 0.6 is 0 Å². The second-order valence-corrected chi connectivity index (χ2v) is 19.5. The minimum Gasteiger partial charge on any atom is -0.462 e. The van der Waals surface area contributed by atoms with Crippen LogP contribution in [0.25, 0.3) is 0 Å². The molecule has 0 amide bonds. The van der Waals surface area contributed by atoms with Crippen LogP contribution in [0.4, 0.5) is 0 Å². The van der Waals surface area contributed by atoms with Crippen LogP contribution in [0.15, 0.2) is 134 Å². The molecule has 0 radical (unpaired) electrons. The van der Waals surface area contributed by atoms with Gasteiger partial charge in [0, 0.05) is 19.3 Å². The first-order valence-corrected chi connectivity index (χ1v) is 30.2. The predicted molar refractivity (Wildman–Crippen MR) is 320 cm³/mol. The minimum atomic E-state index is -0.790. The summed E-state index contributed by atoms with van der Waals surface area (Å²) in [6.45, 7) is 6.41. The Morgan fingerprint density at radius 3 is 0.865 bits per heavy atom. The van der Waals surface area contributed by atoms with Crippen LogP contribution in [0.3, 0.4) is 0 Å². The zero-order valence-electron chi connectivity index (χ0n) is 47.8. The number of ether oxygens (including phenoxy) is 3. The standard InChI is InChI=1S/C68H110O6/c1-4-7-10-13-16-18-20-22-24-25-26-27-28-29-30-31-32-33-34-35-36-37-38-39-40-41-42-43-44-46-47-49-52-55-58-61-67(70)73-64-65(63-72-66(69)60-57-54-51-15-12-9-6-3)74-68(71)62-59-56-53-50-48-45-23-21-19-17-14-11-8-5-2/h7,10,14,16-18,21-24,26-27,29-30,32-33,35-36,38-39,41-42,65H,4-6,8-9,11-13,15,19-20,25,28,31,34,37,40,43-64H2,1-3H3/b10-7-,17-14-,18-16-,23-21-,24-22-,27-26-,30-29-,33-32-,36-35-,39-38-,42-41-. The fraction of sp³-hybridized carbons (Fsp3) is 0.632. The van der Waals surface area contributed by atoms with Gasteiger partial charge in [-0.25, -0.2) is 0 Å². The highest BCUT2D eigenvalue weighted by atomic mass is 16.6. The highest BCUT2D eigenvalue weighted by molar-refractivity contribution is 5.71. The molecule has 418 valence electrons. The lowest BCUT2D eigenvalue weighted by atomic mass is 10.1. The molecule has 1 unspecified atom stereocenters. The van der Waals surface area contributed by atoms with Gasteiger partial charge in [0.25, 0.3) is 0 Å². The lowest BCUT2D eigenvalue weighted by molar-refractivity contribution is -0.167. The van der Waals surface area contributed by atoms with Gasteiger partial charge in [-0.1, -0.05) is 257 Å². The number of carbonyl (C=O) groups is 3. The lowest BCUT2D eigenvalue weighted by Gasteiger charge is -2.18. The third-order valence-corrected chi connectivity index (χ3v) is 12.4. The van der Waals surface area contributed by atoms with Crippen LogP contribution in [-0.2, 0) is 28.6 Å². The SMILES string of the molecule is CC/C=C\C/C=C\C/C=C\C/C=C\C/C=C\C/C=C\C/C=C\C/C=C\C/C=C\CCCCCCCCCC(=O)OCC(COC(=O)CCCCCCCCC)OC(=O)CCCCCCC/C=C\C/C=C\CCCC. The zero-order valence-corrected chi connectivity index (χ0v) is 47.8. The average Bonchev–Trinajstić information content (AvgIpc) is 3.40. The Morgan fingerprint density at radius 1 is 0.284 bits per heavy atom. The van der Waals surface area contributed by atoms with Crippen LogP contribution in [0.5, 0.6) is 0 Å². The fourth-order valence-corrected chi connectivity index (χ4v) is 7.86. The molecule has 0 N–H and O–H groups in total. The van der Waals surface area contributed by atoms with Crippen molar-refractivity contribution in [3.05, 3.63) is 134 Å². The van der Waals surface area contributed by atoms with Gasteiger partial charge in [0.2, 0.25) is 0 Å². The van der Waals surface area contributed by atoms with Gasteiger partial charge in [0.1, 0.15) is 13.2 Å². The van der Waals surface area contributed by atoms with Gasteiger partial charge in [-0.05, 0) is 116 Å². The molecule has 0 bridgehead atoms. The molecule has 0 rings (SSSR count). The molecule has 0 fully saturated rings. The van der Waals surface area contributed by atoms with Crippen molar-refractivity contribution < 1.29 is 28.6 Å². The fourth-order valence-electron chi connectivity index (χ4n) is 7.86. The highest BCUT2D eigenvalue weighted by Crippen LogP contribution is 2.14. The van der Waals surface area contributed by atoms with Gasteiger partial charge >= 0.3 is 17.9 Å². The van der Waals surface area contributed by atoms with Crippen molar-refractivity contribution >= 4 is 17.9 Å². The molecule has 0 aromatic heterocycles. The van der Waals surface area contributed by atoms with Crippen LogP contribution in [0, 0.1) is 0 Å². The molecule has 0 saturated carbocycles. The number of esters is 3. The molecule has 1 atom stereocenters. The first kappa shape index (κ1) is 69.5. The quantitative estimate of drug-likeness (QED) is 0.0261. The van der Waals surface area contributed by atoms with E-state index >= 15 is 0 Å². The van der Waals surface area contributed by atoms with Gasteiger partial charge in [-0.3, -0.25) is 14.4 Å². The van der Waals surface area contributed by atoms with Crippen molar-refractivity contribution in [1.82, 2.24) is 0 Å². The summed E-state index contributed by atoms with van der Waals surface area (Å²) < 4.78 is 16.7. The normalized spacial score (nSPS) is 13.1. The average molecular weight is 1020 g/mol. The van der Waals surface area contributed by atoms with E-state index < -0.39 is 6.10 Å². The maximum atomic E-state index is 12.8. The number of unbranched alkanes of at least 4 members (excludes halogenated alkanes) is 20. The summed E-state index contributed by atoms with van der Waals surface area (Å²) >= 11 is 0. The molecule has 0 aliphatic carbocycles.